The van der Waals surface area contributed by atoms with Gasteiger partial charge in [-0.1, -0.05) is 6.42 Å². The molecule has 2 heterocycles. The highest BCUT2D eigenvalue weighted by molar-refractivity contribution is 7.91. The average Bonchev–Trinajstić information content (AvgIpc) is 2.83. The summed E-state index contributed by atoms with van der Waals surface area (Å²) in [4.78, 5) is 2.68. The molecule has 2 atom stereocenters. The zero-order valence-corrected chi connectivity index (χ0v) is 12.8. The van der Waals surface area contributed by atoms with Gasteiger partial charge < -0.3 is 5.11 Å². The van der Waals surface area contributed by atoms with Crippen LogP contribution in [0.15, 0.2) is 15.7 Å². The minimum Gasteiger partial charge on any atom is -0.392 e. The third kappa shape index (κ3) is 3.35. The number of hydrogen-bond donors (Lipinski definition) is 2. The molecule has 7 heteroatoms. The van der Waals surface area contributed by atoms with Gasteiger partial charge in [-0.15, -0.1) is 16.2 Å². The Balaban J connectivity index is 2.16. The predicted octanol–water partition coefficient (Wildman–Crippen LogP) is 1.70. The van der Waals surface area contributed by atoms with E-state index in [-0.39, 0.29) is 22.9 Å². The Hall–Kier alpha value is -0.470. The van der Waals surface area contributed by atoms with Gasteiger partial charge in [0.25, 0.3) is 10.0 Å². The van der Waals surface area contributed by atoms with Gasteiger partial charge >= 0.3 is 0 Å². The number of nitrogens with one attached hydrogen (secondary N) is 1. The maximum atomic E-state index is 12.3. The molecular weight excluding hydrogens is 284 g/mol. The maximum Gasteiger partial charge on any atom is 0.262 e. The normalized spacial score (nSPS) is 25.6. The molecule has 1 aliphatic heterocycles. The Kier molecular flexibility index (Phi) is 4.62. The Bertz CT molecular complexity index is 517. The first-order chi connectivity index (χ1) is 8.94. The van der Waals surface area contributed by atoms with Gasteiger partial charge in [0.05, 0.1) is 6.61 Å². The number of aliphatic hydroxyl groups excluding tert-OH is 1. The second kappa shape index (κ2) is 5.88. The average molecular weight is 304 g/mol. The highest BCUT2D eigenvalue weighted by Gasteiger charge is 2.29. The van der Waals surface area contributed by atoms with Crippen LogP contribution in [-0.2, 0) is 16.6 Å². The summed E-state index contributed by atoms with van der Waals surface area (Å²) in [6.07, 6.45) is 3.13. The van der Waals surface area contributed by atoms with Crippen LogP contribution in [-0.4, -0.2) is 30.6 Å². The molecule has 1 saturated heterocycles. The summed E-state index contributed by atoms with van der Waals surface area (Å²) in [7, 11) is -3.53. The largest absolute Gasteiger partial charge is 0.392 e. The van der Waals surface area contributed by atoms with Crippen molar-refractivity contribution in [3.8, 4) is 0 Å². The van der Waals surface area contributed by atoms with Crippen molar-refractivity contribution < 1.29 is 13.5 Å². The van der Waals surface area contributed by atoms with Crippen LogP contribution < -0.4 is 4.83 Å². The van der Waals surface area contributed by atoms with E-state index in [1.807, 2.05) is 18.9 Å². The Labute approximate surface area is 118 Å². The van der Waals surface area contributed by atoms with Gasteiger partial charge in [-0.3, -0.25) is 0 Å². The summed E-state index contributed by atoms with van der Waals surface area (Å²) >= 11 is 1.13. The first kappa shape index (κ1) is 14.9. The van der Waals surface area contributed by atoms with E-state index < -0.39 is 10.0 Å². The second-order valence-electron chi connectivity index (χ2n) is 5.06. The summed E-state index contributed by atoms with van der Waals surface area (Å²) in [6, 6.07) is 1.93. The van der Waals surface area contributed by atoms with E-state index in [0.717, 1.165) is 30.6 Å². The van der Waals surface area contributed by atoms with E-state index in [2.05, 4.69) is 4.83 Å². The molecule has 5 nitrogen and oxygen atoms in total. The summed E-state index contributed by atoms with van der Waals surface area (Å²) < 4.78 is 24.8. The second-order valence-corrected chi connectivity index (χ2v) is 7.86. The summed E-state index contributed by atoms with van der Waals surface area (Å²) in [5, 5.41) is 12.5. The SMILES string of the molecule is CC1CCCC(C)N1NS(=O)(=O)c1cc(CO)cs1. The molecule has 1 fully saturated rings. The number of aliphatic hydroxyl groups is 1. The summed E-state index contributed by atoms with van der Waals surface area (Å²) in [5.41, 5.74) is 0.630. The van der Waals surface area contributed by atoms with Crippen molar-refractivity contribution in [1.82, 2.24) is 9.84 Å². The van der Waals surface area contributed by atoms with Crippen molar-refractivity contribution in [2.24, 2.45) is 0 Å². The molecule has 0 aromatic carbocycles. The van der Waals surface area contributed by atoms with Crippen LogP contribution in [0.25, 0.3) is 0 Å². The lowest BCUT2D eigenvalue weighted by molar-refractivity contribution is 0.0791. The number of piperidine rings is 1. The molecule has 2 rings (SSSR count). The highest BCUT2D eigenvalue weighted by atomic mass is 32.2. The fourth-order valence-corrected chi connectivity index (χ4v) is 4.79. The molecule has 19 heavy (non-hydrogen) atoms. The zero-order valence-electron chi connectivity index (χ0n) is 11.2. The predicted molar refractivity (Wildman–Crippen MR) is 75.2 cm³/mol. The third-order valence-electron chi connectivity index (χ3n) is 3.50. The van der Waals surface area contributed by atoms with Crippen molar-refractivity contribution in [1.29, 1.82) is 0 Å². The van der Waals surface area contributed by atoms with Crippen molar-refractivity contribution in [2.45, 2.75) is 56.0 Å². The number of nitrogens with zero attached hydrogens (tertiary/aromatic N) is 1. The Morgan fingerprint density at radius 3 is 2.58 bits per heavy atom. The first-order valence-electron chi connectivity index (χ1n) is 6.43. The van der Waals surface area contributed by atoms with Gasteiger partial charge in [-0.05, 0) is 43.7 Å². The monoisotopic (exact) mass is 304 g/mol. The topological polar surface area (TPSA) is 69.6 Å². The molecule has 0 radical (unpaired) electrons. The molecule has 1 aliphatic rings. The molecular formula is C12H20N2O3S2. The van der Waals surface area contributed by atoms with Gasteiger partial charge in [-0.25, -0.2) is 13.4 Å². The summed E-state index contributed by atoms with van der Waals surface area (Å²) in [6.45, 7) is 3.93. The minimum atomic E-state index is -3.53. The van der Waals surface area contributed by atoms with Crippen LogP contribution in [0.5, 0.6) is 0 Å². The Morgan fingerprint density at radius 2 is 2.05 bits per heavy atom. The standard InChI is InChI=1S/C12H20N2O3S2/c1-9-4-3-5-10(2)14(9)13-19(16,17)12-6-11(7-15)8-18-12/h6,8-10,13,15H,3-5,7H2,1-2H3. The number of hydrogen-bond acceptors (Lipinski definition) is 5. The molecule has 0 saturated carbocycles. The molecule has 108 valence electrons. The fraction of sp³-hybridized carbons (Fsp3) is 0.667. The van der Waals surface area contributed by atoms with E-state index in [0.29, 0.717) is 5.56 Å². The molecule has 2 unspecified atom stereocenters. The molecule has 0 bridgehead atoms. The smallest absolute Gasteiger partial charge is 0.262 e. The van der Waals surface area contributed by atoms with E-state index in [1.165, 1.54) is 6.07 Å². The van der Waals surface area contributed by atoms with Crippen LogP contribution in [0.1, 0.15) is 38.7 Å². The van der Waals surface area contributed by atoms with Crippen LogP contribution in [0, 0.1) is 0 Å². The van der Waals surface area contributed by atoms with Crippen molar-refractivity contribution in [2.75, 3.05) is 0 Å². The maximum absolute atomic E-state index is 12.3. The minimum absolute atomic E-state index is 0.136. The number of thiophene rings is 1. The highest BCUT2D eigenvalue weighted by Crippen LogP contribution is 2.24. The molecule has 0 aliphatic carbocycles. The number of sulfonamides is 1. The molecule has 0 spiro atoms. The lowest BCUT2D eigenvalue weighted by Gasteiger charge is -2.38. The number of rotatable bonds is 4. The van der Waals surface area contributed by atoms with Crippen LogP contribution >= 0.6 is 11.3 Å². The van der Waals surface area contributed by atoms with Gasteiger partial charge in [0.15, 0.2) is 0 Å². The van der Waals surface area contributed by atoms with Crippen LogP contribution in [0.2, 0.25) is 0 Å². The van der Waals surface area contributed by atoms with Crippen molar-refractivity contribution in [3.63, 3.8) is 0 Å². The molecule has 0 amide bonds. The third-order valence-corrected chi connectivity index (χ3v) is 6.31. The molecule has 1 aromatic heterocycles. The Morgan fingerprint density at radius 1 is 1.42 bits per heavy atom. The fourth-order valence-electron chi connectivity index (χ4n) is 2.36. The van der Waals surface area contributed by atoms with E-state index in [1.54, 1.807) is 5.38 Å². The lowest BCUT2D eigenvalue weighted by Crippen LogP contribution is -2.53. The van der Waals surface area contributed by atoms with Gasteiger partial charge in [0, 0.05) is 12.1 Å². The lowest BCUT2D eigenvalue weighted by atomic mass is 10.0. The van der Waals surface area contributed by atoms with E-state index in [9.17, 15) is 8.42 Å². The van der Waals surface area contributed by atoms with Crippen LogP contribution in [0.4, 0.5) is 0 Å². The van der Waals surface area contributed by atoms with Crippen LogP contribution in [0.3, 0.4) is 0 Å². The van der Waals surface area contributed by atoms with Crippen molar-refractivity contribution in [3.05, 3.63) is 17.0 Å². The first-order valence-corrected chi connectivity index (χ1v) is 8.79. The quantitative estimate of drug-likeness (QED) is 0.888. The van der Waals surface area contributed by atoms with Gasteiger partial charge in [-0.2, -0.15) is 0 Å². The summed E-state index contributed by atoms with van der Waals surface area (Å²) in [5.74, 6) is 0. The van der Waals surface area contributed by atoms with E-state index in [4.69, 9.17) is 5.11 Å². The van der Waals surface area contributed by atoms with Crippen molar-refractivity contribution >= 4 is 21.4 Å². The number of hydrazine groups is 1. The van der Waals surface area contributed by atoms with Gasteiger partial charge in [0.2, 0.25) is 0 Å². The molecule has 2 N–H and O–H groups in total. The van der Waals surface area contributed by atoms with Gasteiger partial charge in [0.1, 0.15) is 4.21 Å². The van der Waals surface area contributed by atoms with E-state index >= 15 is 0 Å². The zero-order chi connectivity index (χ0) is 14.0. The molecule has 1 aromatic rings.